The second-order valence-corrected chi connectivity index (χ2v) is 6.34. The van der Waals surface area contributed by atoms with Gasteiger partial charge in [-0.2, -0.15) is 0 Å². The number of carbonyl (C=O) groups is 1. The predicted molar refractivity (Wildman–Crippen MR) is 88.4 cm³/mol. The Balaban J connectivity index is 1.63. The lowest BCUT2D eigenvalue weighted by Crippen LogP contribution is -2.33. The molecule has 1 aromatic rings. The second-order valence-electron chi connectivity index (χ2n) is 6.34. The number of rotatable bonds is 6. The van der Waals surface area contributed by atoms with E-state index in [9.17, 15) is 4.79 Å². The van der Waals surface area contributed by atoms with E-state index in [2.05, 4.69) is 17.6 Å². The standard InChI is InChI=1S/C18H28N2O/c1-3-15-7-9-16(10-8-15)12-19-13-18(21)20-17-6-4-5-14(2)11-17/h4-6,11,15-16,19H,3,7-10,12-13H2,1-2H3,(H,20,21). The molecule has 3 heteroatoms. The van der Waals surface area contributed by atoms with Crippen molar-refractivity contribution in [2.24, 2.45) is 11.8 Å². The summed E-state index contributed by atoms with van der Waals surface area (Å²) < 4.78 is 0. The molecule has 0 heterocycles. The molecule has 116 valence electrons. The van der Waals surface area contributed by atoms with Gasteiger partial charge < -0.3 is 10.6 Å². The van der Waals surface area contributed by atoms with Crippen LogP contribution in [0.5, 0.6) is 0 Å². The van der Waals surface area contributed by atoms with E-state index in [0.717, 1.165) is 29.6 Å². The number of benzene rings is 1. The summed E-state index contributed by atoms with van der Waals surface area (Å²) in [5, 5.41) is 6.25. The number of nitrogens with one attached hydrogen (secondary N) is 2. The van der Waals surface area contributed by atoms with Gasteiger partial charge in [-0.15, -0.1) is 0 Å². The number of hydrogen-bond donors (Lipinski definition) is 2. The van der Waals surface area contributed by atoms with Crippen molar-refractivity contribution in [3.05, 3.63) is 29.8 Å². The molecule has 0 bridgehead atoms. The van der Waals surface area contributed by atoms with E-state index >= 15 is 0 Å². The Hall–Kier alpha value is -1.35. The van der Waals surface area contributed by atoms with Crippen LogP contribution < -0.4 is 10.6 Å². The van der Waals surface area contributed by atoms with Gasteiger partial charge in [0.05, 0.1) is 6.54 Å². The Morgan fingerprint density at radius 1 is 1.19 bits per heavy atom. The Labute approximate surface area is 128 Å². The monoisotopic (exact) mass is 288 g/mol. The largest absolute Gasteiger partial charge is 0.325 e. The zero-order chi connectivity index (χ0) is 15.1. The van der Waals surface area contributed by atoms with E-state index in [1.165, 1.54) is 32.1 Å². The van der Waals surface area contributed by atoms with Crippen LogP contribution >= 0.6 is 0 Å². The molecule has 0 spiro atoms. The van der Waals surface area contributed by atoms with E-state index in [0.29, 0.717) is 6.54 Å². The third-order valence-corrected chi connectivity index (χ3v) is 4.56. The number of hydrogen-bond acceptors (Lipinski definition) is 2. The zero-order valence-corrected chi connectivity index (χ0v) is 13.3. The van der Waals surface area contributed by atoms with Gasteiger partial charge in [-0.05, 0) is 55.8 Å². The number of anilines is 1. The van der Waals surface area contributed by atoms with Crippen LogP contribution in [0.25, 0.3) is 0 Å². The minimum Gasteiger partial charge on any atom is -0.325 e. The highest BCUT2D eigenvalue weighted by atomic mass is 16.1. The van der Waals surface area contributed by atoms with Crippen molar-refractivity contribution in [3.8, 4) is 0 Å². The van der Waals surface area contributed by atoms with E-state index in [-0.39, 0.29) is 5.91 Å². The maximum absolute atomic E-state index is 11.9. The molecule has 1 aliphatic rings. The first-order valence-corrected chi connectivity index (χ1v) is 8.24. The molecule has 2 rings (SSSR count). The first kappa shape index (κ1) is 16.0. The lowest BCUT2D eigenvalue weighted by atomic mass is 9.81. The highest BCUT2D eigenvalue weighted by molar-refractivity contribution is 5.92. The van der Waals surface area contributed by atoms with Crippen molar-refractivity contribution >= 4 is 11.6 Å². The van der Waals surface area contributed by atoms with Crippen LogP contribution in [0, 0.1) is 18.8 Å². The molecule has 1 fully saturated rings. The Bertz CT molecular complexity index is 450. The molecular formula is C18H28N2O. The summed E-state index contributed by atoms with van der Waals surface area (Å²) in [7, 11) is 0. The third kappa shape index (κ3) is 5.50. The van der Waals surface area contributed by atoms with E-state index in [1.54, 1.807) is 0 Å². The van der Waals surface area contributed by atoms with E-state index in [4.69, 9.17) is 0 Å². The molecule has 1 saturated carbocycles. The van der Waals surface area contributed by atoms with Crippen molar-refractivity contribution in [2.75, 3.05) is 18.4 Å². The van der Waals surface area contributed by atoms with Crippen LogP contribution in [0.2, 0.25) is 0 Å². The summed E-state index contributed by atoms with van der Waals surface area (Å²) >= 11 is 0. The topological polar surface area (TPSA) is 41.1 Å². The van der Waals surface area contributed by atoms with E-state index < -0.39 is 0 Å². The summed E-state index contributed by atoms with van der Waals surface area (Å²) in [4.78, 5) is 11.9. The summed E-state index contributed by atoms with van der Waals surface area (Å²) in [6.07, 6.45) is 6.66. The summed E-state index contributed by atoms with van der Waals surface area (Å²) in [6.45, 7) is 5.69. The number of amides is 1. The lowest BCUT2D eigenvalue weighted by Gasteiger charge is -2.27. The fraction of sp³-hybridized carbons (Fsp3) is 0.611. The maximum atomic E-state index is 11.9. The summed E-state index contributed by atoms with van der Waals surface area (Å²) in [5.74, 6) is 1.73. The predicted octanol–water partition coefficient (Wildman–Crippen LogP) is 3.74. The van der Waals surface area contributed by atoms with Crippen LogP contribution in [0.15, 0.2) is 24.3 Å². The molecule has 21 heavy (non-hydrogen) atoms. The summed E-state index contributed by atoms with van der Waals surface area (Å²) in [5.41, 5.74) is 2.04. The molecule has 0 aromatic heterocycles. The minimum absolute atomic E-state index is 0.0443. The molecule has 0 saturated heterocycles. The first-order chi connectivity index (χ1) is 10.2. The lowest BCUT2D eigenvalue weighted by molar-refractivity contribution is -0.115. The SMILES string of the molecule is CCC1CCC(CNCC(=O)Nc2cccc(C)c2)CC1. The average molecular weight is 288 g/mol. The number of carbonyl (C=O) groups excluding carboxylic acids is 1. The highest BCUT2D eigenvalue weighted by Crippen LogP contribution is 2.29. The van der Waals surface area contributed by atoms with Crippen molar-refractivity contribution in [3.63, 3.8) is 0 Å². The Morgan fingerprint density at radius 2 is 1.90 bits per heavy atom. The molecule has 0 aliphatic heterocycles. The summed E-state index contributed by atoms with van der Waals surface area (Å²) in [6, 6.07) is 7.91. The molecule has 0 atom stereocenters. The molecule has 0 unspecified atom stereocenters. The van der Waals surface area contributed by atoms with Crippen molar-refractivity contribution in [1.29, 1.82) is 0 Å². The maximum Gasteiger partial charge on any atom is 0.238 e. The van der Waals surface area contributed by atoms with Gasteiger partial charge in [0.15, 0.2) is 0 Å². The molecule has 1 aliphatic carbocycles. The number of aryl methyl sites for hydroxylation is 1. The van der Waals surface area contributed by atoms with Crippen molar-refractivity contribution in [2.45, 2.75) is 46.0 Å². The van der Waals surface area contributed by atoms with Gasteiger partial charge in [0.25, 0.3) is 0 Å². The quantitative estimate of drug-likeness (QED) is 0.837. The van der Waals surface area contributed by atoms with Gasteiger partial charge in [0.2, 0.25) is 5.91 Å². The first-order valence-electron chi connectivity index (χ1n) is 8.24. The van der Waals surface area contributed by atoms with Crippen molar-refractivity contribution < 1.29 is 4.79 Å². The highest BCUT2D eigenvalue weighted by Gasteiger charge is 2.19. The fourth-order valence-corrected chi connectivity index (χ4v) is 3.16. The third-order valence-electron chi connectivity index (χ3n) is 4.56. The Morgan fingerprint density at radius 3 is 2.57 bits per heavy atom. The smallest absolute Gasteiger partial charge is 0.238 e. The molecule has 2 N–H and O–H groups in total. The molecule has 1 aromatic carbocycles. The second kappa shape index (κ2) is 8.18. The Kier molecular flexibility index (Phi) is 6.24. The van der Waals surface area contributed by atoms with Gasteiger partial charge >= 0.3 is 0 Å². The zero-order valence-electron chi connectivity index (χ0n) is 13.3. The van der Waals surface area contributed by atoms with Gasteiger partial charge in [-0.3, -0.25) is 4.79 Å². The van der Waals surface area contributed by atoms with Crippen LogP contribution in [0.1, 0.15) is 44.6 Å². The van der Waals surface area contributed by atoms with E-state index in [1.807, 2.05) is 31.2 Å². The van der Waals surface area contributed by atoms with Crippen LogP contribution in [-0.4, -0.2) is 19.0 Å². The van der Waals surface area contributed by atoms with Gasteiger partial charge in [-0.1, -0.05) is 38.3 Å². The normalized spacial score (nSPS) is 22.0. The molecule has 1 amide bonds. The van der Waals surface area contributed by atoms with Crippen LogP contribution in [0.4, 0.5) is 5.69 Å². The fourth-order valence-electron chi connectivity index (χ4n) is 3.16. The average Bonchev–Trinajstić information content (AvgIpc) is 2.48. The van der Waals surface area contributed by atoms with Gasteiger partial charge in [-0.25, -0.2) is 0 Å². The van der Waals surface area contributed by atoms with Crippen LogP contribution in [0.3, 0.4) is 0 Å². The minimum atomic E-state index is 0.0443. The molecular weight excluding hydrogens is 260 g/mol. The van der Waals surface area contributed by atoms with Crippen LogP contribution in [-0.2, 0) is 4.79 Å². The van der Waals surface area contributed by atoms with Gasteiger partial charge in [0.1, 0.15) is 0 Å². The molecule has 3 nitrogen and oxygen atoms in total. The van der Waals surface area contributed by atoms with Crippen molar-refractivity contribution in [1.82, 2.24) is 5.32 Å². The molecule has 0 radical (unpaired) electrons. The van der Waals surface area contributed by atoms with Gasteiger partial charge in [0, 0.05) is 5.69 Å².